The van der Waals surface area contributed by atoms with Crippen LogP contribution in [-0.4, -0.2) is 30.1 Å². The number of carbonyl (C=O) groups excluding carboxylic acids is 1. The summed E-state index contributed by atoms with van der Waals surface area (Å²) in [5.74, 6) is 0.504. The topological polar surface area (TPSA) is 80.0 Å². The Balaban J connectivity index is 1.48. The van der Waals surface area contributed by atoms with Crippen LogP contribution >= 0.6 is 23.6 Å². The summed E-state index contributed by atoms with van der Waals surface area (Å²) in [4.78, 5) is 17.8. The number of rotatable bonds is 5. The first-order valence-corrected chi connectivity index (χ1v) is 9.29. The van der Waals surface area contributed by atoms with Gasteiger partial charge in [-0.1, -0.05) is 23.8 Å². The molecule has 4 rings (SSSR count). The predicted molar refractivity (Wildman–Crippen MR) is 103 cm³/mol. The van der Waals surface area contributed by atoms with Gasteiger partial charge in [0, 0.05) is 23.3 Å². The van der Waals surface area contributed by atoms with Gasteiger partial charge in [0.15, 0.2) is 15.6 Å². The SMILES string of the molecule is Cc1cccc(-c2n[nH]c(=S)n2CC(=O)NCc2cn3ccsc3n2)c1. The van der Waals surface area contributed by atoms with Crippen molar-refractivity contribution in [3.63, 3.8) is 0 Å². The molecule has 0 radical (unpaired) electrons. The van der Waals surface area contributed by atoms with E-state index < -0.39 is 0 Å². The van der Waals surface area contributed by atoms with E-state index in [4.69, 9.17) is 12.2 Å². The fourth-order valence-electron chi connectivity index (χ4n) is 2.72. The van der Waals surface area contributed by atoms with Gasteiger partial charge in [0.05, 0.1) is 12.2 Å². The van der Waals surface area contributed by atoms with Crippen LogP contribution in [0.25, 0.3) is 16.3 Å². The maximum absolute atomic E-state index is 12.4. The zero-order chi connectivity index (χ0) is 18.1. The summed E-state index contributed by atoms with van der Waals surface area (Å²) in [5.41, 5.74) is 2.85. The monoisotopic (exact) mass is 384 g/mol. The van der Waals surface area contributed by atoms with Crippen LogP contribution in [0.2, 0.25) is 0 Å². The Bertz CT molecular complexity index is 1110. The first-order valence-electron chi connectivity index (χ1n) is 8.00. The zero-order valence-corrected chi connectivity index (χ0v) is 15.6. The molecule has 9 heteroatoms. The number of carbonyl (C=O) groups is 1. The number of nitrogens with one attached hydrogen (secondary N) is 2. The Labute approximate surface area is 158 Å². The number of aromatic amines is 1. The number of thiazole rings is 1. The highest BCUT2D eigenvalue weighted by molar-refractivity contribution is 7.71. The molecule has 3 heterocycles. The molecule has 0 saturated carbocycles. The Morgan fingerprint density at radius 2 is 2.31 bits per heavy atom. The van der Waals surface area contributed by atoms with Crippen LogP contribution in [-0.2, 0) is 17.9 Å². The third-order valence-electron chi connectivity index (χ3n) is 3.95. The molecule has 0 aliphatic heterocycles. The molecule has 1 aromatic carbocycles. The van der Waals surface area contributed by atoms with Gasteiger partial charge >= 0.3 is 0 Å². The zero-order valence-electron chi connectivity index (χ0n) is 14.0. The highest BCUT2D eigenvalue weighted by Crippen LogP contribution is 2.18. The molecule has 1 amide bonds. The van der Waals surface area contributed by atoms with Crippen molar-refractivity contribution in [3.8, 4) is 11.4 Å². The Morgan fingerprint density at radius 3 is 3.12 bits per heavy atom. The molecule has 4 aromatic rings. The van der Waals surface area contributed by atoms with E-state index in [0.717, 1.165) is 21.8 Å². The maximum Gasteiger partial charge on any atom is 0.240 e. The van der Waals surface area contributed by atoms with Crippen LogP contribution < -0.4 is 5.32 Å². The number of aryl methyl sites for hydroxylation is 1. The third kappa shape index (κ3) is 3.31. The molecule has 0 unspecified atom stereocenters. The summed E-state index contributed by atoms with van der Waals surface area (Å²) in [6, 6.07) is 7.93. The standard InChI is InChI=1S/C17H16N6OS2/c1-11-3-2-4-12(7-11)15-20-21-16(25)23(15)10-14(24)18-8-13-9-22-5-6-26-17(22)19-13/h2-7,9H,8,10H2,1H3,(H,18,24)(H,21,25). The van der Waals surface area contributed by atoms with Gasteiger partial charge in [-0.3, -0.25) is 18.9 Å². The molecule has 0 fully saturated rings. The molecule has 0 saturated heterocycles. The van der Waals surface area contributed by atoms with Crippen LogP contribution in [0.5, 0.6) is 0 Å². The van der Waals surface area contributed by atoms with Crippen molar-refractivity contribution in [2.75, 3.05) is 0 Å². The van der Waals surface area contributed by atoms with Gasteiger partial charge < -0.3 is 5.32 Å². The molecule has 0 atom stereocenters. The molecule has 132 valence electrons. The molecule has 3 aromatic heterocycles. The number of benzene rings is 1. The minimum absolute atomic E-state index is 0.0980. The normalized spacial score (nSPS) is 11.1. The van der Waals surface area contributed by atoms with E-state index in [-0.39, 0.29) is 12.5 Å². The lowest BCUT2D eigenvalue weighted by Crippen LogP contribution is -2.27. The summed E-state index contributed by atoms with van der Waals surface area (Å²) in [5, 5.41) is 11.9. The second kappa shape index (κ2) is 6.85. The smallest absolute Gasteiger partial charge is 0.240 e. The predicted octanol–water partition coefficient (Wildman–Crippen LogP) is 2.94. The van der Waals surface area contributed by atoms with Crippen LogP contribution in [0.3, 0.4) is 0 Å². The number of aromatic nitrogens is 5. The van der Waals surface area contributed by atoms with E-state index in [1.54, 1.807) is 15.9 Å². The average molecular weight is 384 g/mol. The molecule has 0 aliphatic carbocycles. The number of imidazole rings is 1. The summed E-state index contributed by atoms with van der Waals surface area (Å²) >= 11 is 6.84. The van der Waals surface area contributed by atoms with Crippen LogP contribution in [0, 0.1) is 11.7 Å². The summed E-state index contributed by atoms with van der Waals surface area (Å²) < 4.78 is 4.05. The van der Waals surface area contributed by atoms with Crippen LogP contribution in [0.15, 0.2) is 42.0 Å². The van der Waals surface area contributed by atoms with E-state index in [1.165, 1.54) is 0 Å². The Morgan fingerprint density at radius 1 is 1.42 bits per heavy atom. The van der Waals surface area contributed by atoms with Gasteiger partial charge in [0.2, 0.25) is 5.91 Å². The largest absolute Gasteiger partial charge is 0.349 e. The number of nitrogens with zero attached hydrogens (tertiary/aromatic N) is 4. The fourth-order valence-corrected chi connectivity index (χ4v) is 3.63. The second-order valence-electron chi connectivity index (χ2n) is 5.91. The summed E-state index contributed by atoms with van der Waals surface area (Å²) in [7, 11) is 0. The molecular formula is C17H16N6OS2. The minimum atomic E-state index is -0.146. The third-order valence-corrected chi connectivity index (χ3v) is 5.03. The molecular weight excluding hydrogens is 368 g/mol. The van der Waals surface area contributed by atoms with E-state index in [0.29, 0.717) is 17.1 Å². The van der Waals surface area contributed by atoms with Crippen molar-refractivity contribution < 1.29 is 4.79 Å². The Hall–Kier alpha value is -2.78. The van der Waals surface area contributed by atoms with E-state index in [2.05, 4.69) is 20.5 Å². The van der Waals surface area contributed by atoms with Crippen molar-refractivity contribution in [1.82, 2.24) is 29.5 Å². The van der Waals surface area contributed by atoms with Crippen molar-refractivity contribution in [1.29, 1.82) is 0 Å². The number of amides is 1. The van der Waals surface area contributed by atoms with Crippen molar-refractivity contribution in [3.05, 3.63) is 58.1 Å². The Kier molecular flexibility index (Phi) is 4.39. The fraction of sp³-hybridized carbons (Fsp3) is 0.176. The number of hydrogen-bond acceptors (Lipinski definition) is 5. The number of fused-ring (bicyclic) bond motifs is 1. The maximum atomic E-state index is 12.4. The molecule has 26 heavy (non-hydrogen) atoms. The first-order chi connectivity index (χ1) is 12.6. The highest BCUT2D eigenvalue weighted by atomic mass is 32.1. The molecule has 0 spiro atoms. The van der Waals surface area contributed by atoms with Crippen LogP contribution in [0.1, 0.15) is 11.3 Å². The van der Waals surface area contributed by atoms with E-state index in [1.807, 2.05) is 53.4 Å². The highest BCUT2D eigenvalue weighted by Gasteiger charge is 2.13. The van der Waals surface area contributed by atoms with Gasteiger partial charge in [-0.05, 0) is 25.2 Å². The quantitative estimate of drug-likeness (QED) is 0.519. The van der Waals surface area contributed by atoms with Gasteiger partial charge in [-0.15, -0.1) is 11.3 Å². The van der Waals surface area contributed by atoms with Crippen molar-refractivity contribution >= 4 is 34.4 Å². The number of hydrogen-bond donors (Lipinski definition) is 2. The lowest BCUT2D eigenvalue weighted by Gasteiger charge is -2.08. The molecule has 0 bridgehead atoms. The average Bonchev–Trinajstić information content (AvgIpc) is 3.29. The summed E-state index contributed by atoms with van der Waals surface area (Å²) in [6.45, 7) is 2.48. The number of H-pyrrole nitrogens is 1. The lowest BCUT2D eigenvalue weighted by molar-refractivity contribution is -0.121. The summed E-state index contributed by atoms with van der Waals surface area (Å²) in [6.07, 6.45) is 3.85. The molecule has 0 aliphatic rings. The van der Waals surface area contributed by atoms with Gasteiger partial charge in [-0.25, -0.2) is 4.98 Å². The van der Waals surface area contributed by atoms with Crippen molar-refractivity contribution in [2.24, 2.45) is 0 Å². The lowest BCUT2D eigenvalue weighted by atomic mass is 10.1. The van der Waals surface area contributed by atoms with Gasteiger partial charge in [0.25, 0.3) is 0 Å². The minimum Gasteiger partial charge on any atom is -0.349 e. The second-order valence-corrected chi connectivity index (χ2v) is 7.17. The molecule has 7 nitrogen and oxygen atoms in total. The van der Waals surface area contributed by atoms with E-state index in [9.17, 15) is 4.79 Å². The van der Waals surface area contributed by atoms with Crippen molar-refractivity contribution in [2.45, 2.75) is 20.0 Å². The van der Waals surface area contributed by atoms with Gasteiger partial charge in [-0.2, -0.15) is 5.10 Å². The molecule has 2 N–H and O–H groups in total. The van der Waals surface area contributed by atoms with Crippen LogP contribution in [0.4, 0.5) is 0 Å². The first kappa shape index (κ1) is 16.7. The van der Waals surface area contributed by atoms with E-state index >= 15 is 0 Å². The van der Waals surface area contributed by atoms with Gasteiger partial charge in [0.1, 0.15) is 6.54 Å².